The molecule has 0 aromatic heterocycles. The van der Waals surface area contributed by atoms with Gasteiger partial charge in [0.2, 0.25) is 5.79 Å². The molecule has 5 rings (SSSR count). The van der Waals surface area contributed by atoms with Crippen molar-refractivity contribution in [1.82, 2.24) is 0 Å². The topological polar surface area (TPSA) is 83.8 Å². The van der Waals surface area contributed by atoms with Gasteiger partial charge in [0.1, 0.15) is 0 Å². The van der Waals surface area contributed by atoms with Gasteiger partial charge in [-0.2, -0.15) is 0 Å². The Morgan fingerprint density at radius 2 is 1.37 bits per heavy atom. The Morgan fingerprint density at radius 3 is 1.96 bits per heavy atom. The van der Waals surface area contributed by atoms with E-state index >= 15 is 0 Å². The van der Waals surface area contributed by atoms with Gasteiger partial charge in [-0.1, -0.05) is 145 Å². The molecule has 0 aliphatic heterocycles. The highest BCUT2D eigenvalue weighted by Crippen LogP contribution is 2.75. The lowest BCUT2D eigenvalue weighted by molar-refractivity contribution is -0.337. The molecule has 2 unspecified atom stereocenters. The monoisotopic (exact) mass is 711 g/mol. The molecule has 0 heterocycles. The van der Waals surface area contributed by atoms with E-state index in [9.17, 15) is 19.8 Å². The third-order valence-electron chi connectivity index (χ3n) is 17.2. The number of aliphatic hydroxyl groups excluding tert-OH is 1. The van der Waals surface area contributed by atoms with Crippen molar-refractivity contribution in [2.75, 3.05) is 0 Å². The van der Waals surface area contributed by atoms with E-state index in [1.54, 1.807) is 0 Å². The fourth-order valence-electron chi connectivity index (χ4n) is 13.3. The van der Waals surface area contributed by atoms with Crippen molar-refractivity contribution >= 4 is 11.8 Å². The van der Waals surface area contributed by atoms with E-state index in [1.807, 2.05) is 13.8 Å². The average molecular weight is 711 g/mol. The summed E-state index contributed by atoms with van der Waals surface area (Å²) in [7, 11) is 0. The average Bonchev–Trinajstić information content (AvgIpc) is 3.05. The van der Waals surface area contributed by atoms with Gasteiger partial charge in [-0.15, -0.1) is 0 Å². The van der Waals surface area contributed by atoms with Gasteiger partial charge in [0, 0.05) is 29.6 Å². The maximum absolute atomic E-state index is 14.7. The van der Waals surface area contributed by atoms with E-state index in [0.29, 0.717) is 17.8 Å². The molecule has 2 N–H and O–H groups in total. The van der Waals surface area contributed by atoms with Crippen molar-refractivity contribution in [1.29, 1.82) is 0 Å². The molecule has 0 aromatic rings. The van der Waals surface area contributed by atoms with Crippen LogP contribution in [-0.4, -0.2) is 33.9 Å². The van der Waals surface area contributed by atoms with Gasteiger partial charge in [-0.3, -0.25) is 9.59 Å². The highest BCUT2D eigenvalue weighted by Gasteiger charge is 2.74. The molecule has 0 amide bonds. The predicted molar refractivity (Wildman–Crippen MR) is 208 cm³/mol. The van der Waals surface area contributed by atoms with E-state index in [1.165, 1.54) is 89.0 Å². The van der Waals surface area contributed by atoms with Gasteiger partial charge in [0.25, 0.3) is 0 Å². The van der Waals surface area contributed by atoms with E-state index < -0.39 is 22.7 Å². The summed E-state index contributed by atoms with van der Waals surface area (Å²) in [5, 5.41) is 24.3. The Morgan fingerprint density at radius 1 is 0.804 bits per heavy atom. The Bertz CT molecular complexity index is 1270. The highest BCUT2D eigenvalue weighted by atomic mass is 16.7. The number of fused-ring (bicyclic) bond motifs is 7. The first kappa shape index (κ1) is 41.0. The molecular weight excluding hydrogens is 633 g/mol. The van der Waals surface area contributed by atoms with Gasteiger partial charge in [-0.25, -0.2) is 0 Å². The summed E-state index contributed by atoms with van der Waals surface area (Å²) in [5.74, 6) is -0.902. The second-order valence-electron chi connectivity index (χ2n) is 20.3. The summed E-state index contributed by atoms with van der Waals surface area (Å²) in [5.41, 5.74) is -0.340. The maximum Gasteiger partial charge on any atom is 0.308 e. The van der Waals surface area contributed by atoms with Gasteiger partial charge in [0.05, 0.1) is 6.10 Å². The van der Waals surface area contributed by atoms with Gasteiger partial charge in [-0.05, 0) is 90.9 Å². The minimum Gasteiger partial charge on any atom is -0.433 e. The number of ether oxygens (including phenoxy) is 1. The Balaban J connectivity index is 1.21. The fraction of sp³-hybridized carbons (Fsp3) is 0.913. The first-order valence-electron chi connectivity index (χ1n) is 21.8. The standard InChI is InChI=1S/C46H78O5/c1-10-11-12-13-14-15-16-17-18-19-20-21-22-23-38(49)51-46(50)31-37(48)45(9)36(41(46,4)5)25-27-44(8)40(45)35(47)30-34-39-33(3)32(2)24-26-42(39,6)28-29-43(34,44)7/h30,32-33,36-37,39-40,48,50H,10-29,31H2,1-9H3/t32-,33+,36?,37+,39+,40?,42-,43-,44-,45-,46-/m1/s1. The van der Waals surface area contributed by atoms with Gasteiger partial charge in [0.15, 0.2) is 5.78 Å². The van der Waals surface area contributed by atoms with Gasteiger partial charge >= 0.3 is 5.97 Å². The number of unbranched alkanes of at least 4 members (excludes halogenated alkanes) is 12. The molecule has 0 aromatic carbocycles. The van der Waals surface area contributed by atoms with Crippen LogP contribution in [0.5, 0.6) is 0 Å². The van der Waals surface area contributed by atoms with Crippen LogP contribution in [0.4, 0.5) is 0 Å². The summed E-state index contributed by atoms with van der Waals surface area (Å²) in [6.07, 6.45) is 23.9. The molecule has 4 fully saturated rings. The van der Waals surface area contributed by atoms with Crippen molar-refractivity contribution in [2.24, 2.45) is 56.7 Å². The number of carbonyl (C=O) groups excluding carboxylic acids is 2. The maximum atomic E-state index is 14.7. The number of aliphatic hydroxyl groups is 2. The lowest BCUT2D eigenvalue weighted by Gasteiger charge is -2.72. The van der Waals surface area contributed by atoms with Crippen molar-refractivity contribution in [3.05, 3.63) is 11.6 Å². The van der Waals surface area contributed by atoms with Crippen LogP contribution in [0, 0.1) is 56.7 Å². The summed E-state index contributed by atoms with van der Waals surface area (Å²) < 4.78 is 6.01. The van der Waals surface area contributed by atoms with E-state index in [0.717, 1.165) is 38.5 Å². The number of hydrogen-bond acceptors (Lipinski definition) is 5. The molecule has 51 heavy (non-hydrogen) atoms. The van der Waals surface area contributed by atoms with E-state index in [-0.39, 0.29) is 52.7 Å². The third-order valence-corrected chi connectivity index (χ3v) is 17.2. The van der Waals surface area contributed by atoms with Crippen LogP contribution in [0.3, 0.4) is 0 Å². The lowest BCUT2D eigenvalue weighted by Crippen LogP contribution is -2.73. The zero-order chi connectivity index (χ0) is 37.5. The summed E-state index contributed by atoms with van der Waals surface area (Å²) in [6, 6.07) is 0. The lowest BCUT2D eigenvalue weighted by atomic mass is 9.32. The van der Waals surface area contributed by atoms with Crippen LogP contribution in [0.1, 0.15) is 197 Å². The minimum absolute atomic E-state index is 0.0558. The molecule has 4 saturated carbocycles. The largest absolute Gasteiger partial charge is 0.433 e. The Hall–Kier alpha value is -1.20. The van der Waals surface area contributed by atoms with Crippen molar-refractivity contribution < 1.29 is 24.5 Å². The molecule has 5 aliphatic carbocycles. The molecule has 0 spiro atoms. The van der Waals surface area contributed by atoms with Crippen LogP contribution in [0.15, 0.2) is 11.6 Å². The van der Waals surface area contributed by atoms with Crippen LogP contribution >= 0.6 is 0 Å². The SMILES string of the molecule is CCCCCCCCCCCCCCCC(=O)O[C@]1(O)C[C@H](O)[C@@]2(C)C(CC[C@]3(C)C2C(=O)C=C2[C@@H]4[C@@H](C)[C@H](C)CC[C@]4(C)CC[C@]23C)C1(C)C. The number of rotatable bonds is 15. The van der Waals surface area contributed by atoms with Crippen LogP contribution in [0.2, 0.25) is 0 Å². The molecule has 0 saturated heterocycles. The highest BCUT2D eigenvalue weighted by molar-refractivity contribution is 5.95. The number of esters is 1. The molecule has 292 valence electrons. The van der Waals surface area contributed by atoms with Crippen LogP contribution in [-0.2, 0) is 14.3 Å². The number of ketones is 1. The van der Waals surface area contributed by atoms with Crippen molar-refractivity contribution in [3.63, 3.8) is 0 Å². The van der Waals surface area contributed by atoms with E-state index in [2.05, 4.69) is 54.5 Å². The second kappa shape index (κ2) is 15.5. The van der Waals surface area contributed by atoms with Crippen LogP contribution in [0.25, 0.3) is 0 Å². The van der Waals surface area contributed by atoms with Gasteiger partial charge < -0.3 is 14.9 Å². The molecule has 0 bridgehead atoms. The number of hydrogen-bond donors (Lipinski definition) is 2. The summed E-state index contributed by atoms with van der Waals surface area (Å²) >= 11 is 0. The molecule has 5 aliphatic rings. The molecular formula is C46H78O5. The number of carbonyl (C=O) groups is 2. The number of allylic oxidation sites excluding steroid dienone is 2. The van der Waals surface area contributed by atoms with Crippen molar-refractivity contribution in [2.45, 2.75) is 209 Å². The molecule has 5 nitrogen and oxygen atoms in total. The first-order chi connectivity index (χ1) is 23.9. The zero-order valence-corrected chi connectivity index (χ0v) is 34.5. The molecule has 11 atom stereocenters. The van der Waals surface area contributed by atoms with Crippen LogP contribution < -0.4 is 0 Å². The second-order valence-corrected chi connectivity index (χ2v) is 20.3. The smallest absolute Gasteiger partial charge is 0.308 e. The summed E-state index contributed by atoms with van der Waals surface area (Å²) in [4.78, 5) is 28.0. The quantitative estimate of drug-likeness (QED) is 0.100. The third kappa shape index (κ3) is 7.09. The molecule has 0 radical (unpaired) electrons. The van der Waals surface area contributed by atoms with E-state index in [4.69, 9.17) is 4.74 Å². The first-order valence-corrected chi connectivity index (χ1v) is 21.8. The predicted octanol–water partition coefficient (Wildman–Crippen LogP) is 11.5. The Labute approximate surface area is 312 Å². The van der Waals surface area contributed by atoms with Crippen molar-refractivity contribution in [3.8, 4) is 0 Å². The fourth-order valence-corrected chi connectivity index (χ4v) is 13.3. The molecule has 5 heteroatoms. The minimum atomic E-state index is -1.78. The summed E-state index contributed by atoms with van der Waals surface area (Å²) in [6.45, 7) is 20.5. The normalized spacial score (nSPS) is 43.0. The zero-order valence-electron chi connectivity index (χ0n) is 34.5. The Kier molecular flexibility index (Phi) is 12.5.